The van der Waals surface area contributed by atoms with E-state index in [1.165, 1.54) is 0 Å². The van der Waals surface area contributed by atoms with Crippen LogP contribution < -0.4 is 0 Å². The lowest BCUT2D eigenvalue weighted by atomic mass is 10.3. The maximum absolute atomic E-state index is 4.33. The molecule has 0 unspecified atom stereocenters. The predicted octanol–water partition coefficient (Wildman–Crippen LogP) is 1.96. The van der Waals surface area contributed by atoms with Gasteiger partial charge < -0.3 is 0 Å². The van der Waals surface area contributed by atoms with Crippen LogP contribution in [0.2, 0.25) is 0 Å². The molecule has 2 nitrogen and oxygen atoms in total. The molecule has 0 radical (unpaired) electrons. The summed E-state index contributed by atoms with van der Waals surface area (Å²) in [5.41, 5.74) is 2.25. The van der Waals surface area contributed by atoms with Crippen molar-refractivity contribution in [3.63, 3.8) is 0 Å². The Morgan fingerprint density at radius 2 is 2.18 bits per heavy atom. The zero-order valence-corrected chi connectivity index (χ0v) is 7.90. The second-order valence-corrected chi connectivity index (χ2v) is 3.35. The first-order valence-corrected chi connectivity index (χ1v) is 4.91. The van der Waals surface area contributed by atoms with Gasteiger partial charge in [-0.15, -0.1) is 0 Å². The number of rotatable bonds is 2. The van der Waals surface area contributed by atoms with Gasteiger partial charge in [-0.2, -0.15) is 11.8 Å². The second-order valence-electron chi connectivity index (χ2n) is 2.49. The van der Waals surface area contributed by atoms with Crippen molar-refractivity contribution in [1.29, 1.82) is 0 Å². The Balaban J connectivity index is 2.86. The summed E-state index contributed by atoms with van der Waals surface area (Å²) in [6.07, 6.45) is 3.94. The highest BCUT2D eigenvalue weighted by atomic mass is 32.2. The molecule has 11 heavy (non-hydrogen) atoms. The molecule has 0 fully saturated rings. The molecule has 0 saturated carbocycles. The average Bonchev–Trinajstić information content (AvgIpc) is 1.98. The molecule has 0 spiro atoms. The maximum atomic E-state index is 4.33. The third-order valence-corrected chi connectivity index (χ3v) is 2.09. The van der Waals surface area contributed by atoms with Gasteiger partial charge in [0.05, 0.1) is 5.75 Å². The molecule has 1 aromatic heterocycles. The van der Waals surface area contributed by atoms with Crippen LogP contribution in [0.15, 0.2) is 6.20 Å². The van der Waals surface area contributed by atoms with E-state index in [4.69, 9.17) is 0 Å². The van der Waals surface area contributed by atoms with Crippen molar-refractivity contribution in [2.24, 2.45) is 0 Å². The summed E-state index contributed by atoms with van der Waals surface area (Å²) >= 11 is 1.74. The largest absolute Gasteiger partial charge is 0.240 e. The van der Waals surface area contributed by atoms with Crippen LogP contribution in [-0.4, -0.2) is 16.2 Å². The Labute approximate surface area is 71.5 Å². The van der Waals surface area contributed by atoms with Crippen LogP contribution in [0, 0.1) is 13.8 Å². The molecular weight excluding hydrogens is 156 g/mol. The normalized spacial score (nSPS) is 10.1. The van der Waals surface area contributed by atoms with Crippen molar-refractivity contribution in [3.05, 3.63) is 23.3 Å². The SMILES string of the molecule is CSCc1ncc(C)c(C)n1. The lowest BCUT2D eigenvalue weighted by Crippen LogP contribution is -1.96. The van der Waals surface area contributed by atoms with E-state index < -0.39 is 0 Å². The van der Waals surface area contributed by atoms with Gasteiger partial charge in [0.25, 0.3) is 0 Å². The highest BCUT2D eigenvalue weighted by Crippen LogP contribution is 2.06. The van der Waals surface area contributed by atoms with E-state index in [0.717, 1.165) is 22.8 Å². The number of hydrogen-bond donors (Lipinski definition) is 0. The number of nitrogens with zero attached hydrogens (tertiary/aromatic N) is 2. The molecule has 1 heterocycles. The monoisotopic (exact) mass is 168 g/mol. The predicted molar refractivity (Wildman–Crippen MR) is 48.7 cm³/mol. The van der Waals surface area contributed by atoms with Gasteiger partial charge in [-0.1, -0.05) is 0 Å². The summed E-state index contributed by atoms with van der Waals surface area (Å²) in [7, 11) is 0. The van der Waals surface area contributed by atoms with Crippen LogP contribution in [0.5, 0.6) is 0 Å². The first-order valence-electron chi connectivity index (χ1n) is 3.52. The van der Waals surface area contributed by atoms with Crippen molar-refractivity contribution in [3.8, 4) is 0 Å². The molecule has 0 aliphatic heterocycles. The minimum atomic E-state index is 0.904. The lowest BCUT2D eigenvalue weighted by molar-refractivity contribution is 0.973. The van der Waals surface area contributed by atoms with Gasteiger partial charge >= 0.3 is 0 Å². The van der Waals surface area contributed by atoms with Gasteiger partial charge in [-0.25, -0.2) is 9.97 Å². The fraction of sp³-hybridized carbons (Fsp3) is 0.500. The molecule has 0 amide bonds. The summed E-state index contributed by atoms with van der Waals surface area (Å²) in [6, 6.07) is 0. The van der Waals surface area contributed by atoms with E-state index in [1.807, 2.05) is 20.0 Å². The molecule has 3 heteroatoms. The molecular formula is C8H12N2S. The molecule has 0 saturated heterocycles. The zero-order valence-electron chi connectivity index (χ0n) is 7.09. The van der Waals surface area contributed by atoms with E-state index >= 15 is 0 Å². The topological polar surface area (TPSA) is 25.8 Å². The number of thioether (sulfide) groups is 1. The summed E-state index contributed by atoms with van der Waals surface area (Å²) in [4.78, 5) is 8.53. The fourth-order valence-corrected chi connectivity index (χ4v) is 1.17. The van der Waals surface area contributed by atoms with Gasteiger partial charge in [0.1, 0.15) is 5.82 Å². The third kappa shape index (κ3) is 2.19. The Hall–Kier alpha value is -0.570. The van der Waals surface area contributed by atoms with E-state index in [9.17, 15) is 0 Å². The van der Waals surface area contributed by atoms with Crippen LogP contribution in [-0.2, 0) is 5.75 Å². The Morgan fingerprint density at radius 1 is 1.45 bits per heavy atom. The number of aryl methyl sites for hydroxylation is 2. The third-order valence-electron chi connectivity index (χ3n) is 1.55. The Bertz CT molecular complexity index is 248. The van der Waals surface area contributed by atoms with Crippen molar-refractivity contribution >= 4 is 11.8 Å². The highest BCUT2D eigenvalue weighted by Gasteiger charge is 1.97. The molecule has 0 aliphatic rings. The molecule has 0 aliphatic carbocycles. The Kier molecular flexibility index (Phi) is 2.88. The first-order chi connectivity index (χ1) is 5.24. The number of hydrogen-bond acceptors (Lipinski definition) is 3. The van der Waals surface area contributed by atoms with Crippen molar-refractivity contribution in [1.82, 2.24) is 9.97 Å². The van der Waals surface area contributed by atoms with Gasteiger partial charge in [0.2, 0.25) is 0 Å². The molecule has 60 valence electrons. The van der Waals surface area contributed by atoms with Crippen LogP contribution in [0.4, 0.5) is 0 Å². The standard InChI is InChI=1S/C8H12N2S/c1-6-4-9-8(5-11-3)10-7(6)2/h4H,5H2,1-3H3. The van der Waals surface area contributed by atoms with Crippen LogP contribution in [0.1, 0.15) is 17.1 Å². The van der Waals surface area contributed by atoms with Gasteiger partial charge in [0.15, 0.2) is 0 Å². The molecule has 0 bridgehead atoms. The summed E-state index contributed by atoms with van der Waals surface area (Å²) < 4.78 is 0. The second kappa shape index (κ2) is 3.72. The van der Waals surface area contributed by atoms with Gasteiger partial charge in [-0.05, 0) is 25.7 Å². The smallest absolute Gasteiger partial charge is 0.138 e. The molecule has 0 N–H and O–H groups in total. The molecule has 0 atom stereocenters. The summed E-state index contributed by atoms with van der Waals surface area (Å²) in [6.45, 7) is 4.04. The lowest BCUT2D eigenvalue weighted by Gasteiger charge is -2.00. The van der Waals surface area contributed by atoms with Crippen molar-refractivity contribution in [2.75, 3.05) is 6.26 Å². The molecule has 1 aromatic rings. The molecule has 1 rings (SSSR count). The van der Waals surface area contributed by atoms with Crippen LogP contribution in [0.3, 0.4) is 0 Å². The fourth-order valence-electron chi connectivity index (χ4n) is 0.774. The minimum Gasteiger partial charge on any atom is -0.240 e. The van der Waals surface area contributed by atoms with E-state index in [1.54, 1.807) is 11.8 Å². The van der Waals surface area contributed by atoms with Gasteiger partial charge in [0, 0.05) is 11.9 Å². The minimum absolute atomic E-state index is 0.904. The van der Waals surface area contributed by atoms with E-state index in [0.29, 0.717) is 0 Å². The van der Waals surface area contributed by atoms with Crippen molar-refractivity contribution in [2.45, 2.75) is 19.6 Å². The van der Waals surface area contributed by atoms with Gasteiger partial charge in [-0.3, -0.25) is 0 Å². The highest BCUT2D eigenvalue weighted by molar-refractivity contribution is 7.97. The van der Waals surface area contributed by atoms with E-state index in [2.05, 4.69) is 16.2 Å². The van der Waals surface area contributed by atoms with Crippen LogP contribution >= 0.6 is 11.8 Å². The first kappa shape index (κ1) is 8.53. The zero-order chi connectivity index (χ0) is 8.27. The summed E-state index contributed by atoms with van der Waals surface area (Å²) in [5, 5.41) is 0. The average molecular weight is 168 g/mol. The summed E-state index contributed by atoms with van der Waals surface area (Å²) in [5.74, 6) is 1.84. The molecule has 0 aromatic carbocycles. The number of aromatic nitrogens is 2. The van der Waals surface area contributed by atoms with E-state index in [-0.39, 0.29) is 0 Å². The van der Waals surface area contributed by atoms with Crippen LogP contribution in [0.25, 0.3) is 0 Å². The maximum Gasteiger partial charge on any atom is 0.138 e. The Morgan fingerprint density at radius 3 is 2.73 bits per heavy atom. The quantitative estimate of drug-likeness (QED) is 0.675. The van der Waals surface area contributed by atoms with Crippen molar-refractivity contribution < 1.29 is 0 Å².